The summed E-state index contributed by atoms with van der Waals surface area (Å²) in [6, 6.07) is 16.5. The second-order valence-electron chi connectivity index (χ2n) is 7.62. The van der Waals surface area contributed by atoms with E-state index >= 15 is 0 Å². The molecule has 33 heavy (non-hydrogen) atoms. The normalized spacial score (nSPS) is 14.7. The summed E-state index contributed by atoms with van der Waals surface area (Å²) in [4.78, 5) is 26.4. The molecule has 1 N–H and O–H groups in total. The van der Waals surface area contributed by atoms with Crippen LogP contribution in [0.5, 0.6) is 17.2 Å². The van der Waals surface area contributed by atoms with Crippen LogP contribution in [0.2, 0.25) is 10.0 Å². The Kier molecular flexibility index (Phi) is 4.30. The van der Waals surface area contributed by atoms with E-state index in [0.717, 1.165) is 0 Å². The smallest absolute Gasteiger partial charge is 0.344 e. The van der Waals surface area contributed by atoms with Gasteiger partial charge < -0.3 is 18.7 Å². The van der Waals surface area contributed by atoms with Crippen molar-refractivity contribution >= 4 is 45.1 Å². The zero-order chi connectivity index (χ0) is 22.9. The summed E-state index contributed by atoms with van der Waals surface area (Å²) < 4.78 is 17.1. The van der Waals surface area contributed by atoms with E-state index in [1.54, 1.807) is 54.6 Å². The fourth-order valence-electron chi connectivity index (χ4n) is 4.36. The number of aromatic hydroxyl groups is 1. The summed E-state index contributed by atoms with van der Waals surface area (Å²) in [5.41, 5.74) is -0.770. The minimum Gasteiger partial charge on any atom is -0.507 e. The van der Waals surface area contributed by atoms with Crippen LogP contribution in [-0.4, -0.2) is 5.11 Å². The van der Waals surface area contributed by atoms with Crippen molar-refractivity contribution < 1.29 is 18.7 Å². The van der Waals surface area contributed by atoms with Gasteiger partial charge >= 0.3 is 11.3 Å². The van der Waals surface area contributed by atoms with Crippen LogP contribution in [0.15, 0.2) is 79.1 Å². The highest BCUT2D eigenvalue weighted by molar-refractivity contribution is 6.35. The van der Waals surface area contributed by atoms with E-state index in [2.05, 4.69) is 0 Å². The molecule has 0 fully saturated rings. The van der Waals surface area contributed by atoms with Gasteiger partial charge in [-0.15, -0.1) is 0 Å². The topological polar surface area (TPSA) is 89.9 Å². The predicted octanol–water partition coefficient (Wildman–Crippen LogP) is 6.20. The Hall–Kier alpha value is -3.74. The van der Waals surface area contributed by atoms with E-state index < -0.39 is 17.2 Å². The first-order valence-electron chi connectivity index (χ1n) is 9.91. The average Bonchev–Trinajstić information content (AvgIpc) is 2.79. The van der Waals surface area contributed by atoms with Crippen molar-refractivity contribution in [2.75, 3.05) is 0 Å². The molecule has 0 saturated heterocycles. The van der Waals surface area contributed by atoms with Gasteiger partial charge in [-0.05, 0) is 36.4 Å². The number of para-hydroxylation sites is 2. The molecule has 0 radical (unpaired) electrons. The number of hydrogen-bond acceptors (Lipinski definition) is 6. The Bertz CT molecular complexity index is 1710. The lowest BCUT2D eigenvalue weighted by Crippen LogP contribution is -2.25. The Morgan fingerprint density at radius 2 is 1.36 bits per heavy atom. The van der Waals surface area contributed by atoms with E-state index in [4.69, 9.17) is 36.8 Å². The van der Waals surface area contributed by atoms with Gasteiger partial charge in [-0.2, -0.15) is 0 Å². The summed E-state index contributed by atoms with van der Waals surface area (Å²) in [6.45, 7) is 0. The molecule has 0 bridgehead atoms. The van der Waals surface area contributed by atoms with Crippen molar-refractivity contribution in [2.24, 2.45) is 0 Å². The van der Waals surface area contributed by atoms with E-state index in [9.17, 15) is 14.7 Å². The molecule has 1 aliphatic heterocycles. The first-order valence-corrected chi connectivity index (χ1v) is 10.7. The second kappa shape index (κ2) is 7.13. The monoisotopic (exact) mass is 478 g/mol. The molecule has 0 saturated carbocycles. The standard InChI is InChI=1S/C25H12Cl2O6/c26-11-9-14-18(19-21(28)12-5-1-3-7-16(12)31-24(19)29)20-23(33-22(14)15(27)10-11)13-6-2-4-8-17(13)32-25(20)30/h1-10,18,28H. The van der Waals surface area contributed by atoms with Crippen LogP contribution in [0.3, 0.4) is 0 Å². The summed E-state index contributed by atoms with van der Waals surface area (Å²) in [5, 5.41) is 12.5. The third-order valence-corrected chi connectivity index (χ3v) is 6.25. The number of hydrogen-bond donors (Lipinski definition) is 1. The first kappa shape index (κ1) is 19.9. The molecule has 0 amide bonds. The Labute approximate surface area is 195 Å². The van der Waals surface area contributed by atoms with Gasteiger partial charge in [0.1, 0.15) is 28.4 Å². The summed E-state index contributed by atoms with van der Waals surface area (Å²) in [7, 11) is 0. The molecule has 1 atom stereocenters. The lowest BCUT2D eigenvalue weighted by molar-refractivity contribution is 0.425. The molecule has 1 aliphatic rings. The zero-order valence-electron chi connectivity index (χ0n) is 16.6. The molecule has 1 unspecified atom stereocenters. The van der Waals surface area contributed by atoms with Gasteiger partial charge in [-0.1, -0.05) is 47.5 Å². The predicted molar refractivity (Wildman–Crippen MR) is 124 cm³/mol. The first-order chi connectivity index (χ1) is 15.9. The zero-order valence-corrected chi connectivity index (χ0v) is 18.1. The maximum atomic E-state index is 13.2. The summed E-state index contributed by atoms with van der Waals surface area (Å²) in [5.74, 6) is -0.993. The summed E-state index contributed by atoms with van der Waals surface area (Å²) >= 11 is 12.7. The molecule has 0 spiro atoms. The highest BCUT2D eigenvalue weighted by Gasteiger charge is 2.39. The molecular weight excluding hydrogens is 467 g/mol. The lowest BCUT2D eigenvalue weighted by atomic mass is 9.82. The molecule has 5 aromatic rings. The Morgan fingerprint density at radius 1 is 0.758 bits per heavy atom. The molecule has 3 aromatic carbocycles. The Morgan fingerprint density at radius 3 is 2.09 bits per heavy atom. The molecule has 0 aliphatic carbocycles. The van der Waals surface area contributed by atoms with Gasteiger partial charge in [-0.3, -0.25) is 0 Å². The lowest BCUT2D eigenvalue weighted by Gasteiger charge is -2.28. The maximum Gasteiger partial charge on any atom is 0.344 e. The quantitative estimate of drug-likeness (QED) is 0.283. The van der Waals surface area contributed by atoms with E-state index in [1.165, 1.54) is 6.07 Å². The number of fused-ring (bicyclic) bond motifs is 5. The van der Waals surface area contributed by atoms with Gasteiger partial charge in [0.2, 0.25) is 0 Å². The van der Waals surface area contributed by atoms with Crippen LogP contribution < -0.4 is 16.0 Å². The number of ether oxygens (including phenoxy) is 1. The Balaban J connectivity index is 1.80. The average molecular weight is 479 g/mol. The fraction of sp³-hybridized carbons (Fsp3) is 0.0400. The van der Waals surface area contributed by atoms with E-state index in [0.29, 0.717) is 21.9 Å². The van der Waals surface area contributed by atoms with Gasteiger partial charge in [0, 0.05) is 10.6 Å². The number of halogens is 2. The van der Waals surface area contributed by atoms with E-state index in [1.807, 2.05) is 0 Å². The molecular formula is C25H12Cl2O6. The molecule has 2 aromatic heterocycles. The van der Waals surface area contributed by atoms with Crippen LogP contribution in [0.4, 0.5) is 0 Å². The maximum absolute atomic E-state index is 13.2. The van der Waals surface area contributed by atoms with E-state index in [-0.39, 0.29) is 44.0 Å². The van der Waals surface area contributed by atoms with Crippen molar-refractivity contribution in [3.8, 4) is 17.2 Å². The number of rotatable bonds is 1. The molecule has 8 heteroatoms. The van der Waals surface area contributed by atoms with Gasteiger partial charge in [0.15, 0.2) is 0 Å². The molecule has 162 valence electrons. The van der Waals surface area contributed by atoms with Gasteiger partial charge in [0.05, 0.1) is 32.8 Å². The molecule has 6 rings (SSSR count). The van der Waals surface area contributed by atoms with Crippen LogP contribution in [0, 0.1) is 0 Å². The van der Waals surface area contributed by atoms with Gasteiger partial charge in [-0.25, -0.2) is 9.59 Å². The van der Waals surface area contributed by atoms with Crippen LogP contribution in [0.25, 0.3) is 21.9 Å². The van der Waals surface area contributed by atoms with Crippen molar-refractivity contribution in [2.45, 2.75) is 5.92 Å². The second-order valence-corrected chi connectivity index (χ2v) is 8.46. The highest BCUT2D eigenvalue weighted by atomic mass is 35.5. The van der Waals surface area contributed by atoms with Crippen LogP contribution in [-0.2, 0) is 0 Å². The van der Waals surface area contributed by atoms with Crippen molar-refractivity contribution in [1.82, 2.24) is 0 Å². The SMILES string of the molecule is O=c1oc2ccccc2c(O)c1C1c2cc(Cl)cc(Cl)c2Oc2c1c(=O)oc1ccccc21. The van der Waals surface area contributed by atoms with Crippen molar-refractivity contribution in [3.63, 3.8) is 0 Å². The minimum atomic E-state index is -1.10. The van der Waals surface area contributed by atoms with Crippen LogP contribution >= 0.6 is 23.2 Å². The van der Waals surface area contributed by atoms with Crippen molar-refractivity contribution in [1.29, 1.82) is 0 Å². The number of benzene rings is 3. The molecule has 3 heterocycles. The highest BCUT2D eigenvalue weighted by Crippen LogP contribution is 2.52. The summed E-state index contributed by atoms with van der Waals surface area (Å²) in [6.07, 6.45) is 0. The van der Waals surface area contributed by atoms with Crippen molar-refractivity contribution in [3.05, 3.63) is 108 Å². The fourth-order valence-corrected chi connectivity index (χ4v) is 4.90. The minimum absolute atomic E-state index is 0.0393. The third-order valence-electron chi connectivity index (χ3n) is 5.75. The largest absolute Gasteiger partial charge is 0.507 e. The van der Waals surface area contributed by atoms with Crippen LogP contribution in [0.1, 0.15) is 22.6 Å². The molecule has 6 nitrogen and oxygen atoms in total. The third kappa shape index (κ3) is 2.88. The van der Waals surface area contributed by atoms with Gasteiger partial charge in [0.25, 0.3) is 0 Å².